The number of carbonyl (C=O) groups excluding carboxylic acids is 1. The molecule has 0 saturated carbocycles. The Morgan fingerprint density at radius 2 is 1.15 bits per heavy atom. The van der Waals surface area contributed by atoms with Gasteiger partial charge < -0.3 is 20.4 Å². The summed E-state index contributed by atoms with van der Waals surface area (Å²) in [4.78, 5) is 11.4. The molecule has 0 spiro atoms. The van der Waals surface area contributed by atoms with Crippen molar-refractivity contribution in [2.24, 2.45) is 0 Å². The topological polar surface area (TPSA) is 95.3 Å². The number of aliphatic hydroxyl groups is 2. The molecule has 6 heteroatoms. The zero-order valence-corrected chi connectivity index (χ0v) is 18.4. The Hall–Kier alpha value is -0.131. The zero-order chi connectivity index (χ0) is 18.6. The van der Waals surface area contributed by atoms with Gasteiger partial charge in [-0.1, -0.05) is 96.8 Å². The van der Waals surface area contributed by atoms with E-state index in [1.807, 2.05) is 0 Å². The number of carbonyl (C=O) groups is 1. The number of esters is 1. The molecule has 1 unspecified atom stereocenters. The van der Waals surface area contributed by atoms with Crippen molar-refractivity contribution >= 4 is 5.97 Å². The normalized spacial score (nSPS) is 11.4. The van der Waals surface area contributed by atoms with Crippen LogP contribution in [-0.2, 0) is 32.1 Å². The van der Waals surface area contributed by atoms with Crippen molar-refractivity contribution in [3.63, 3.8) is 0 Å². The van der Waals surface area contributed by atoms with Gasteiger partial charge in [-0.2, -0.15) is 0 Å². The Balaban J connectivity index is -0.00000288. The summed E-state index contributed by atoms with van der Waals surface area (Å²) in [7, 11) is 0. The van der Waals surface area contributed by atoms with Gasteiger partial charge in [0.15, 0.2) is 0 Å². The van der Waals surface area contributed by atoms with E-state index in [9.17, 15) is 4.79 Å². The van der Waals surface area contributed by atoms with E-state index in [1.165, 1.54) is 83.5 Å². The summed E-state index contributed by atoms with van der Waals surface area (Å²) in [5.74, 6) is -0.276. The van der Waals surface area contributed by atoms with Gasteiger partial charge in [0.2, 0.25) is 0 Å². The van der Waals surface area contributed by atoms with E-state index in [4.69, 9.17) is 14.9 Å². The molecule has 0 aromatic rings. The van der Waals surface area contributed by atoms with Crippen LogP contribution in [-0.4, -0.2) is 35.5 Å². The van der Waals surface area contributed by atoms with Gasteiger partial charge in [-0.15, -0.1) is 0 Å². The van der Waals surface area contributed by atoms with Gasteiger partial charge in [-0.05, 0) is 6.42 Å². The second-order valence-corrected chi connectivity index (χ2v) is 7.22. The Morgan fingerprint density at radius 3 is 1.52 bits per heavy atom. The van der Waals surface area contributed by atoms with Gasteiger partial charge >= 0.3 is 23.0 Å². The molecule has 0 aliphatic rings. The van der Waals surface area contributed by atoms with Crippen LogP contribution in [0, 0.1) is 0 Å². The largest absolute Gasteiger partial charge is 2.00 e. The van der Waals surface area contributed by atoms with Crippen molar-refractivity contribution in [2.75, 3.05) is 13.2 Å². The van der Waals surface area contributed by atoms with Crippen LogP contribution in [0.25, 0.3) is 0 Å². The average Bonchev–Trinajstić information content (AvgIpc) is 2.62. The van der Waals surface area contributed by atoms with E-state index in [-0.39, 0.29) is 41.7 Å². The Labute approximate surface area is 177 Å². The summed E-state index contributed by atoms with van der Waals surface area (Å²) in [6, 6.07) is 0. The Morgan fingerprint density at radius 1 is 0.778 bits per heavy atom. The van der Waals surface area contributed by atoms with E-state index in [1.54, 1.807) is 0 Å². The molecule has 0 aromatic heterocycles. The van der Waals surface area contributed by atoms with Crippen molar-refractivity contribution < 1.29 is 42.3 Å². The molecule has 0 fully saturated rings. The molecular weight excluding hydrogens is 388 g/mol. The zero-order valence-electron chi connectivity index (χ0n) is 17.3. The summed E-state index contributed by atoms with van der Waals surface area (Å²) in [6.07, 6.45) is 19.0. The van der Waals surface area contributed by atoms with E-state index in [2.05, 4.69) is 6.92 Å². The minimum absolute atomic E-state index is 0. The second-order valence-electron chi connectivity index (χ2n) is 7.22. The monoisotopic (exact) mass is 430 g/mol. The fraction of sp³-hybridized carbons (Fsp3) is 0.952. The first kappa shape index (κ1) is 31.6. The van der Waals surface area contributed by atoms with Crippen LogP contribution in [0.5, 0.6) is 0 Å². The first-order chi connectivity index (χ1) is 12.2. The van der Waals surface area contributed by atoms with E-state index in [0.29, 0.717) is 6.42 Å². The van der Waals surface area contributed by atoms with Crippen molar-refractivity contribution in [1.82, 2.24) is 0 Å². The van der Waals surface area contributed by atoms with Gasteiger partial charge in [-0.25, -0.2) is 0 Å². The quantitative estimate of drug-likeness (QED) is 0.171. The third-order valence-corrected chi connectivity index (χ3v) is 4.63. The maximum atomic E-state index is 11.4. The number of unbranched alkanes of at least 4 members (excludes halogenated alkanes) is 14. The molecule has 0 bridgehead atoms. The average molecular weight is 430 g/mol. The number of rotatable bonds is 19. The molecule has 164 valence electrons. The number of aliphatic hydroxyl groups excluding tert-OH is 2. The van der Waals surface area contributed by atoms with Crippen molar-refractivity contribution in [1.29, 1.82) is 0 Å². The van der Waals surface area contributed by atoms with Crippen molar-refractivity contribution in [3.8, 4) is 0 Å². The summed E-state index contributed by atoms with van der Waals surface area (Å²) in [5, 5.41) is 17.7. The molecule has 27 heavy (non-hydrogen) atoms. The SMILES string of the molecule is CCCCCCCCCCCCCCCCCC(=O)OCC(O)CO.[Fe+2].[O-2]. The first-order valence-corrected chi connectivity index (χ1v) is 10.6. The van der Waals surface area contributed by atoms with Crippen LogP contribution in [0.3, 0.4) is 0 Å². The van der Waals surface area contributed by atoms with E-state index < -0.39 is 6.10 Å². The van der Waals surface area contributed by atoms with Gasteiger partial charge in [-0.3, -0.25) is 4.79 Å². The van der Waals surface area contributed by atoms with Gasteiger partial charge in [0.1, 0.15) is 12.7 Å². The molecular formula is C21H42FeO5. The van der Waals surface area contributed by atoms with Gasteiger partial charge in [0, 0.05) is 6.42 Å². The molecule has 0 saturated heterocycles. The summed E-state index contributed by atoms with van der Waals surface area (Å²) >= 11 is 0. The number of hydrogen-bond donors (Lipinski definition) is 2. The van der Waals surface area contributed by atoms with Crippen LogP contribution in [0.15, 0.2) is 0 Å². The van der Waals surface area contributed by atoms with Crippen molar-refractivity contribution in [3.05, 3.63) is 0 Å². The van der Waals surface area contributed by atoms with Gasteiger partial charge in [0.05, 0.1) is 6.61 Å². The van der Waals surface area contributed by atoms with E-state index >= 15 is 0 Å². The minimum atomic E-state index is -0.954. The maximum absolute atomic E-state index is 11.4. The minimum Gasteiger partial charge on any atom is -2.00 e. The molecule has 5 nitrogen and oxygen atoms in total. The molecule has 2 N–H and O–H groups in total. The molecule has 0 radical (unpaired) electrons. The summed E-state index contributed by atoms with van der Waals surface area (Å²) in [6.45, 7) is 1.79. The Bertz CT molecular complexity index is 290. The molecule has 1 atom stereocenters. The fourth-order valence-electron chi connectivity index (χ4n) is 2.95. The standard InChI is InChI=1S/C21H42O4.Fe.O/c1-2-3-4-5-6-7-8-9-10-11-12-13-14-15-16-17-21(24)25-19-20(23)18-22;;/h20,22-23H,2-19H2,1H3;;/q;+2;-2. The molecule has 0 amide bonds. The maximum Gasteiger partial charge on any atom is 2.00 e. The summed E-state index contributed by atoms with van der Waals surface area (Å²) < 4.78 is 4.86. The van der Waals surface area contributed by atoms with Crippen LogP contribution >= 0.6 is 0 Å². The van der Waals surface area contributed by atoms with Crippen LogP contribution < -0.4 is 0 Å². The van der Waals surface area contributed by atoms with Crippen LogP contribution in [0.2, 0.25) is 0 Å². The number of hydrogen-bond acceptors (Lipinski definition) is 4. The third kappa shape index (κ3) is 25.9. The van der Waals surface area contributed by atoms with Gasteiger partial charge in [0.25, 0.3) is 0 Å². The van der Waals surface area contributed by atoms with Crippen molar-refractivity contribution in [2.45, 2.75) is 116 Å². The molecule has 0 aliphatic carbocycles. The molecule has 0 aromatic carbocycles. The number of ether oxygens (including phenoxy) is 1. The predicted molar refractivity (Wildman–Crippen MR) is 104 cm³/mol. The molecule has 0 aliphatic heterocycles. The van der Waals surface area contributed by atoms with Crippen LogP contribution in [0.1, 0.15) is 110 Å². The smallest absolute Gasteiger partial charge is 2.00 e. The van der Waals surface area contributed by atoms with Crippen LogP contribution in [0.4, 0.5) is 0 Å². The molecule has 0 heterocycles. The summed E-state index contributed by atoms with van der Waals surface area (Å²) in [5.41, 5.74) is 0. The fourth-order valence-corrected chi connectivity index (χ4v) is 2.95. The third-order valence-electron chi connectivity index (χ3n) is 4.63. The first-order valence-electron chi connectivity index (χ1n) is 10.6. The Kier molecular flexibility index (Phi) is 30.2. The van der Waals surface area contributed by atoms with E-state index in [0.717, 1.165) is 12.8 Å². The molecule has 0 rings (SSSR count). The predicted octanol–water partition coefficient (Wildman–Crippen LogP) is 5.02. The second kappa shape index (κ2) is 25.9.